The molecule has 4 aromatic rings. The molecular weight excluding hydrogens is 532 g/mol. The molecule has 0 radical (unpaired) electrons. The monoisotopic (exact) mass is 564 g/mol. The van der Waals surface area contributed by atoms with Crippen LogP contribution in [0.15, 0.2) is 77.9 Å². The number of rotatable bonds is 11. The zero-order chi connectivity index (χ0) is 29.3. The van der Waals surface area contributed by atoms with E-state index in [0.29, 0.717) is 41.8 Å². The van der Waals surface area contributed by atoms with Crippen LogP contribution in [0.25, 0.3) is 22.6 Å². The molecule has 0 spiro atoms. The number of ether oxygens (including phenoxy) is 1. The van der Waals surface area contributed by atoms with Gasteiger partial charge in [-0.1, -0.05) is 30.3 Å². The van der Waals surface area contributed by atoms with E-state index in [1.807, 2.05) is 30.3 Å². The fourth-order valence-corrected chi connectivity index (χ4v) is 5.03. The summed E-state index contributed by atoms with van der Waals surface area (Å²) in [5, 5.41) is 22.5. The van der Waals surface area contributed by atoms with Crippen LogP contribution >= 0.6 is 0 Å². The van der Waals surface area contributed by atoms with Gasteiger partial charge in [0, 0.05) is 23.6 Å². The van der Waals surface area contributed by atoms with Crippen molar-refractivity contribution in [3.05, 3.63) is 94.5 Å². The topological polar surface area (TPSA) is 134 Å². The second-order valence-corrected chi connectivity index (χ2v) is 10.4. The second-order valence-electron chi connectivity index (χ2n) is 10.4. The lowest BCUT2D eigenvalue weighted by Gasteiger charge is -2.31. The number of benzene rings is 2. The minimum Gasteiger partial charge on any atom is -0.490 e. The lowest BCUT2D eigenvalue weighted by molar-refractivity contribution is -0.137. The SMILES string of the molecule is N#Cc1cccc(-c2ccc(=O)n(Cc3cccc(-c4ncc(OCC5CCN(CCCC(=O)O)CC5)cn4)c3)n2)c1. The van der Waals surface area contributed by atoms with Crippen molar-refractivity contribution in [2.45, 2.75) is 32.2 Å². The highest BCUT2D eigenvalue weighted by Crippen LogP contribution is 2.22. The lowest BCUT2D eigenvalue weighted by atomic mass is 9.97. The number of piperidine rings is 1. The van der Waals surface area contributed by atoms with Crippen molar-refractivity contribution < 1.29 is 14.6 Å². The second kappa shape index (κ2) is 13.7. The molecule has 3 heterocycles. The third-order valence-corrected chi connectivity index (χ3v) is 7.36. The van der Waals surface area contributed by atoms with Gasteiger partial charge in [-0.2, -0.15) is 10.4 Å². The zero-order valence-corrected chi connectivity index (χ0v) is 23.2. The van der Waals surface area contributed by atoms with E-state index in [1.165, 1.54) is 10.7 Å². The molecule has 0 atom stereocenters. The van der Waals surface area contributed by atoms with Gasteiger partial charge in [-0.3, -0.25) is 9.59 Å². The van der Waals surface area contributed by atoms with E-state index >= 15 is 0 Å². The van der Waals surface area contributed by atoms with Gasteiger partial charge < -0.3 is 14.7 Å². The number of aliphatic carboxylic acids is 1. The van der Waals surface area contributed by atoms with Crippen LogP contribution in [0.1, 0.15) is 36.8 Å². The Kier molecular flexibility index (Phi) is 9.31. The third kappa shape index (κ3) is 7.65. The first kappa shape index (κ1) is 28.6. The van der Waals surface area contributed by atoms with Crippen LogP contribution in [-0.4, -0.2) is 62.0 Å². The van der Waals surface area contributed by atoms with Gasteiger partial charge in [0.15, 0.2) is 11.6 Å². The molecule has 0 unspecified atom stereocenters. The standard InChI is InChI=1S/C32H32N6O4/c33-18-24-4-1-6-26(16-24)29-9-10-30(39)38(36-29)21-25-5-2-7-27(17-25)32-34-19-28(20-35-32)42-22-23-11-14-37(15-12-23)13-3-8-31(40)41/h1-2,4-7,9-10,16-17,19-20,23H,3,8,11-15,21-22H2,(H,40,41). The van der Waals surface area contributed by atoms with Crippen molar-refractivity contribution in [1.82, 2.24) is 24.6 Å². The summed E-state index contributed by atoms with van der Waals surface area (Å²) in [6.45, 7) is 3.62. The maximum absolute atomic E-state index is 12.6. The van der Waals surface area contributed by atoms with Crippen LogP contribution in [0.4, 0.5) is 0 Å². The van der Waals surface area contributed by atoms with Gasteiger partial charge in [0.1, 0.15) is 0 Å². The Labute approximate surface area is 243 Å². The molecule has 5 rings (SSSR count). The highest BCUT2D eigenvalue weighted by atomic mass is 16.5. The van der Waals surface area contributed by atoms with Crippen molar-refractivity contribution in [2.75, 3.05) is 26.2 Å². The van der Waals surface area contributed by atoms with Gasteiger partial charge >= 0.3 is 5.97 Å². The Morgan fingerprint density at radius 1 is 1.02 bits per heavy atom. The van der Waals surface area contributed by atoms with Gasteiger partial charge in [0.2, 0.25) is 0 Å². The summed E-state index contributed by atoms with van der Waals surface area (Å²) in [6.07, 6.45) is 6.30. The van der Waals surface area contributed by atoms with Crippen molar-refractivity contribution in [3.63, 3.8) is 0 Å². The van der Waals surface area contributed by atoms with Crippen LogP contribution in [-0.2, 0) is 11.3 Å². The van der Waals surface area contributed by atoms with Gasteiger partial charge in [-0.15, -0.1) is 0 Å². The summed E-state index contributed by atoms with van der Waals surface area (Å²) in [4.78, 5) is 34.6. The first-order valence-corrected chi connectivity index (χ1v) is 14.0. The average Bonchev–Trinajstić information content (AvgIpc) is 3.02. The third-order valence-electron chi connectivity index (χ3n) is 7.36. The number of aromatic nitrogens is 4. The maximum Gasteiger partial charge on any atom is 0.303 e. The zero-order valence-electron chi connectivity index (χ0n) is 23.2. The van der Waals surface area contributed by atoms with E-state index in [4.69, 9.17) is 9.84 Å². The Morgan fingerprint density at radius 3 is 2.55 bits per heavy atom. The highest BCUT2D eigenvalue weighted by Gasteiger charge is 2.20. The predicted octanol–water partition coefficient (Wildman–Crippen LogP) is 4.24. The van der Waals surface area contributed by atoms with Crippen LogP contribution in [0, 0.1) is 17.2 Å². The van der Waals surface area contributed by atoms with Crippen molar-refractivity contribution in [1.29, 1.82) is 5.26 Å². The molecule has 42 heavy (non-hydrogen) atoms. The number of nitrogens with zero attached hydrogens (tertiary/aromatic N) is 6. The first-order valence-electron chi connectivity index (χ1n) is 14.0. The summed E-state index contributed by atoms with van der Waals surface area (Å²) in [5.74, 6) is 0.881. The number of nitriles is 1. The minimum absolute atomic E-state index is 0.217. The molecule has 1 N–H and O–H groups in total. The molecule has 214 valence electrons. The molecule has 0 saturated carbocycles. The Hall–Kier alpha value is -4.88. The number of hydrogen-bond acceptors (Lipinski definition) is 8. The Morgan fingerprint density at radius 2 is 1.79 bits per heavy atom. The van der Waals surface area contributed by atoms with Crippen LogP contribution in [0.2, 0.25) is 0 Å². The van der Waals surface area contributed by atoms with Gasteiger partial charge in [0.05, 0.1) is 42.9 Å². The molecule has 1 saturated heterocycles. The summed E-state index contributed by atoms with van der Waals surface area (Å²) in [7, 11) is 0. The van der Waals surface area contributed by atoms with Crippen LogP contribution in [0.5, 0.6) is 5.75 Å². The van der Waals surface area contributed by atoms with Crippen molar-refractivity contribution in [2.24, 2.45) is 5.92 Å². The summed E-state index contributed by atoms with van der Waals surface area (Å²) >= 11 is 0. The number of likely N-dealkylation sites (tertiary alicyclic amines) is 1. The molecule has 10 nitrogen and oxygen atoms in total. The predicted molar refractivity (Wildman–Crippen MR) is 157 cm³/mol. The number of carboxylic acid groups (broad SMARTS) is 1. The quantitative estimate of drug-likeness (QED) is 0.284. The normalized spacial score (nSPS) is 13.9. The van der Waals surface area contributed by atoms with Crippen molar-refractivity contribution in [3.8, 4) is 34.5 Å². The molecule has 1 aliphatic rings. The van der Waals surface area contributed by atoms with E-state index in [2.05, 4.69) is 26.0 Å². The number of carboxylic acids is 1. The minimum atomic E-state index is -0.740. The van der Waals surface area contributed by atoms with Crippen LogP contribution in [0.3, 0.4) is 0 Å². The van der Waals surface area contributed by atoms with E-state index in [-0.39, 0.29) is 18.5 Å². The first-order chi connectivity index (χ1) is 20.5. The summed E-state index contributed by atoms with van der Waals surface area (Å²) in [6, 6.07) is 20.1. The van der Waals surface area contributed by atoms with Gasteiger partial charge in [-0.05, 0) is 74.6 Å². The molecule has 0 bridgehead atoms. The van der Waals surface area contributed by atoms with E-state index in [9.17, 15) is 14.9 Å². The molecule has 10 heteroatoms. The fraction of sp³-hybridized carbons (Fsp3) is 0.312. The largest absolute Gasteiger partial charge is 0.490 e. The molecule has 2 aromatic heterocycles. The van der Waals surface area contributed by atoms with Crippen LogP contribution < -0.4 is 10.3 Å². The summed E-state index contributed by atoms with van der Waals surface area (Å²) < 4.78 is 7.39. The molecule has 0 amide bonds. The number of hydrogen-bond donors (Lipinski definition) is 1. The van der Waals surface area contributed by atoms with E-state index < -0.39 is 5.97 Å². The number of carbonyl (C=O) groups is 1. The molecule has 1 fully saturated rings. The Balaban J connectivity index is 1.17. The Bertz CT molecular complexity index is 1620. The molecular formula is C32H32N6O4. The molecule has 2 aromatic carbocycles. The molecule has 1 aliphatic heterocycles. The summed E-state index contributed by atoms with van der Waals surface area (Å²) in [5.41, 5.74) is 3.39. The van der Waals surface area contributed by atoms with Gasteiger partial charge in [0.25, 0.3) is 5.56 Å². The van der Waals surface area contributed by atoms with Gasteiger partial charge in [-0.25, -0.2) is 14.6 Å². The smallest absolute Gasteiger partial charge is 0.303 e. The fourth-order valence-electron chi connectivity index (χ4n) is 5.03. The highest BCUT2D eigenvalue weighted by molar-refractivity contribution is 5.66. The van der Waals surface area contributed by atoms with E-state index in [1.54, 1.807) is 36.7 Å². The average molecular weight is 565 g/mol. The van der Waals surface area contributed by atoms with E-state index in [0.717, 1.165) is 49.2 Å². The molecule has 0 aliphatic carbocycles. The maximum atomic E-state index is 12.6. The van der Waals surface area contributed by atoms with Crippen molar-refractivity contribution >= 4 is 5.97 Å². The lowest BCUT2D eigenvalue weighted by Crippen LogP contribution is -2.36.